The summed E-state index contributed by atoms with van der Waals surface area (Å²) < 4.78 is 13.7. The summed E-state index contributed by atoms with van der Waals surface area (Å²) in [5.74, 6) is 0.137. The molecule has 0 saturated heterocycles. The fourth-order valence-corrected chi connectivity index (χ4v) is 4.02. The number of benzene rings is 4. The smallest absolute Gasteiger partial charge is 0.233 e. The summed E-state index contributed by atoms with van der Waals surface area (Å²) in [7, 11) is 0. The van der Waals surface area contributed by atoms with E-state index in [4.69, 9.17) is 23.2 Å². The summed E-state index contributed by atoms with van der Waals surface area (Å²) in [6, 6.07) is 27.5. The SMILES string of the molecule is O=C(/C=C/c1cccc(Cl)c1Cl)c1ccc(Nc2nc(Nc3ccccc3)nc(Nc3cccc(F)c3)n2)cc1. The molecule has 0 aliphatic heterocycles. The Labute approximate surface area is 239 Å². The Morgan fingerprint density at radius 2 is 1.25 bits per heavy atom. The zero-order valence-electron chi connectivity index (χ0n) is 20.8. The number of rotatable bonds is 9. The summed E-state index contributed by atoms with van der Waals surface area (Å²) in [6.45, 7) is 0. The quantitative estimate of drug-likeness (QED) is 0.121. The van der Waals surface area contributed by atoms with E-state index in [0.29, 0.717) is 32.5 Å². The first-order valence-corrected chi connectivity index (χ1v) is 12.8. The lowest BCUT2D eigenvalue weighted by atomic mass is 10.1. The van der Waals surface area contributed by atoms with Crippen LogP contribution in [0.15, 0.2) is 103 Å². The Bertz CT molecular complexity index is 1680. The maximum Gasteiger partial charge on any atom is 0.233 e. The molecular weight excluding hydrogens is 550 g/mol. The van der Waals surface area contributed by atoms with Crippen LogP contribution in [0, 0.1) is 5.82 Å². The fourth-order valence-electron chi connectivity index (χ4n) is 3.65. The van der Waals surface area contributed by atoms with Crippen LogP contribution in [0.1, 0.15) is 15.9 Å². The van der Waals surface area contributed by atoms with Crippen molar-refractivity contribution in [3.63, 3.8) is 0 Å². The summed E-state index contributed by atoms with van der Waals surface area (Å²) in [5, 5.41) is 10.1. The highest BCUT2D eigenvalue weighted by Gasteiger charge is 2.10. The minimum atomic E-state index is -0.389. The second-order valence-electron chi connectivity index (χ2n) is 8.48. The van der Waals surface area contributed by atoms with Crippen molar-refractivity contribution in [2.24, 2.45) is 0 Å². The Morgan fingerprint density at radius 3 is 1.90 bits per heavy atom. The van der Waals surface area contributed by atoms with Gasteiger partial charge in [0, 0.05) is 22.6 Å². The van der Waals surface area contributed by atoms with E-state index in [1.807, 2.05) is 30.3 Å². The molecule has 1 heterocycles. The van der Waals surface area contributed by atoms with E-state index in [0.717, 1.165) is 5.69 Å². The second-order valence-corrected chi connectivity index (χ2v) is 9.26. The first-order chi connectivity index (χ1) is 19.4. The molecule has 0 unspecified atom stereocenters. The van der Waals surface area contributed by atoms with Crippen LogP contribution in [0.4, 0.5) is 39.3 Å². The van der Waals surface area contributed by atoms with E-state index >= 15 is 0 Å². The number of carbonyl (C=O) groups excluding carboxylic acids is 1. The Morgan fingerprint density at radius 1 is 0.675 bits per heavy atom. The lowest BCUT2D eigenvalue weighted by Crippen LogP contribution is -2.07. The van der Waals surface area contributed by atoms with Crippen LogP contribution in [-0.2, 0) is 0 Å². The average molecular weight is 571 g/mol. The number of carbonyl (C=O) groups is 1. The van der Waals surface area contributed by atoms with Crippen molar-refractivity contribution in [3.8, 4) is 0 Å². The standard InChI is InChI=1S/C30H21Cl2FN6O/c31-25-11-4-6-20(27(25)32)14-17-26(40)19-12-15-23(16-13-19)35-29-37-28(34-22-8-2-1-3-9-22)38-30(39-29)36-24-10-5-7-21(33)18-24/h1-18H,(H3,34,35,36,37,38,39)/b17-14+. The molecule has 3 N–H and O–H groups in total. The van der Waals surface area contributed by atoms with Gasteiger partial charge in [-0.25, -0.2) is 4.39 Å². The molecule has 0 atom stereocenters. The molecule has 4 aromatic carbocycles. The third-order valence-corrected chi connectivity index (χ3v) is 6.40. The fraction of sp³-hybridized carbons (Fsp3) is 0. The van der Waals surface area contributed by atoms with Gasteiger partial charge in [-0.2, -0.15) is 15.0 Å². The summed E-state index contributed by atoms with van der Waals surface area (Å²) in [5.41, 5.74) is 3.05. The molecule has 0 spiro atoms. The van der Waals surface area contributed by atoms with Gasteiger partial charge in [0.25, 0.3) is 0 Å². The molecule has 5 rings (SSSR count). The van der Waals surface area contributed by atoms with Crippen LogP contribution < -0.4 is 16.0 Å². The van der Waals surface area contributed by atoms with Crippen molar-refractivity contribution in [3.05, 3.63) is 130 Å². The number of nitrogens with zero attached hydrogens (tertiary/aromatic N) is 3. The van der Waals surface area contributed by atoms with Crippen molar-refractivity contribution in [1.29, 1.82) is 0 Å². The number of aromatic nitrogens is 3. The Kier molecular flexibility index (Phi) is 8.29. The van der Waals surface area contributed by atoms with E-state index in [1.165, 1.54) is 18.2 Å². The second kappa shape index (κ2) is 12.4. The van der Waals surface area contributed by atoms with Crippen molar-refractivity contribution < 1.29 is 9.18 Å². The third kappa shape index (κ3) is 6.99. The molecule has 0 aliphatic rings. The zero-order chi connectivity index (χ0) is 27.9. The van der Waals surface area contributed by atoms with Crippen molar-refractivity contribution in [2.75, 3.05) is 16.0 Å². The summed E-state index contributed by atoms with van der Waals surface area (Å²) in [6.07, 6.45) is 3.07. The highest BCUT2D eigenvalue weighted by molar-refractivity contribution is 6.42. The van der Waals surface area contributed by atoms with Gasteiger partial charge in [0.2, 0.25) is 17.8 Å². The summed E-state index contributed by atoms with van der Waals surface area (Å²) in [4.78, 5) is 26.0. The van der Waals surface area contributed by atoms with Gasteiger partial charge in [0.15, 0.2) is 5.78 Å². The van der Waals surface area contributed by atoms with Gasteiger partial charge in [0.1, 0.15) is 5.82 Å². The van der Waals surface area contributed by atoms with Crippen LogP contribution in [0.25, 0.3) is 6.08 Å². The highest BCUT2D eigenvalue weighted by Crippen LogP contribution is 2.27. The minimum Gasteiger partial charge on any atom is -0.324 e. The Balaban J connectivity index is 1.35. The van der Waals surface area contributed by atoms with Crippen LogP contribution in [0.2, 0.25) is 10.0 Å². The van der Waals surface area contributed by atoms with Gasteiger partial charge < -0.3 is 16.0 Å². The molecule has 0 amide bonds. The molecule has 10 heteroatoms. The Hall–Kier alpha value is -4.79. The van der Waals surface area contributed by atoms with Gasteiger partial charge >= 0.3 is 0 Å². The first kappa shape index (κ1) is 26.8. The number of allylic oxidation sites excluding steroid dienone is 1. The van der Waals surface area contributed by atoms with Gasteiger partial charge in [-0.15, -0.1) is 0 Å². The van der Waals surface area contributed by atoms with Crippen molar-refractivity contribution >= 4 is 70.0 Å². The molecule has 1 aromatic heterocycles. The van der Waals surface area contributed by atoms with Crippen LogP contribution in [0.3, 0.4) is 0 Å². The zero-order valence-corrected chi connectivity index (χ0v) is 22.3. The average Bonchev–Trinajstić information content (AvgIpc) is 2.94. The van der Waals surface area contributed by atoms with E-state index in [-0.39, 0.29) is 29.4 Å². The largest absolute Gasteiger partial charge is 0.324 e. The predicted octanol–water partition coefficient (Wildman–Crippen LogP) is 8.44. The van der Waals surface area contributed by atoms with Crippen LogP contribution >= 0.6 is 23.2 Å². The maximum absolute atomic E-state index is 13.7. The van der Waals surface area contributed by atoms with Crippen LogP contribution in [-0.4, -0.2) is 20.7 Å². The number of anilines is 6. The molecule has 198 valence electrons. The van der Waals surface area contributed by atoms with Gasteiger partial charge in [-0.05, 0) is 78.4 Å². The molecule has 0 saturated carbocycles. The molecular formula is C30H21Cl2FN6O. The predicted molar refractivity (Wildman–Crippen MR) is 159 cm³/mol. The highest BCUT2D eigenvalue weighted by atomic mass is 35.5. The third-order valence-electron chi connectivity index (χ3n) is 5.57. The monoisotopic (exact) mass is 570 g/mol. The number of nitrogens with one attached hydrogen (secondary N) is 3. The molecule has 0 radical (unpaired) electrons. The molecule has 40 heavy (non-hydrogen) atoms. The lowest BCUT2D eigenvalue weighted by molar-refractivity contribution is 0.104. The number of para-hydroxylation sites is 1. The topological polar surface area (TPSA) is 91.8 Å². The van der Waals surface area contributed by atoms with E-state index in [2.05, 4.69) is 30.9 Å². The number of ketones is 1. The summed E-state index contributed by atoms with van der Waals surface area (Å²) >= 11 is 12.2. The lowest BCUT2D eigenvalue weighted by Gasteiger charge is -2.12. The van der Waals surface area contributed by atoms with Crippen molar-refractivity contribution in [2.45, 2.75) is 0 Å². The number of hydrogen-bond donors (Lipinski definition) is 3. The molecule has 0 fully saturated rings. The molecule has 7 nitrogen and oxygen atoms in total. The van der Waals surface area contributed by atoms with Crippen LogP contribution in [0.5, 0.6) is 0 Å². The number of halogens is 3. The van der Waals surface area contributed by atoms with Gasteiger partial charge in [-0.3, -0.25) is 4.79 Å². The van der Waals surface area contributed by atoms with Crippen molar-refractivity contribution in [1.82, 2.24) is 15.0 Å². The van der Waals surface area contributed by atoms with Gasteiger partial charge in [0.05, 0.1) is 10.0 Å². The molecule has 0 aliphatic carbocycles. The first-order valence-electron chi connectivity index (χ1n) is 12.1. The number of hydrogen-bond acceptors (Lipinski definition) is 7. The molecule has 5 aromatic rings. The van der Waals surface area contributed by atoms with E-state index in [1.54, 1.807) is 60.7 Å². The minimum absolute atomic E-state index is 0.196. The molecule has 0 bridgehead atoms. The van der Waals surface area contributed by atoms with E-state index in [9.17, 15) is 9.18 Å². The normalized spacial score (nSPS) is 10.9. The van der Waals surface area contributed by atoms with Gasteiger partial charge in [-0.1, -0.05) is 59.6 Å². The van der Waals surface area contributed by atoms with E-state index < -0.39 is 0 Å². The maximum atomic E-state index is 13.7.